The van der Waals surface area contributed by atoms with Crippen LogP contribution < -0.4 is 11.5 Å². The van der Waals surface area contributed by atoms with Gasteiger partial charge in [-0.1, -0.05) is 24.3 Å². The summed E-state index contributed by atoms with van der Waals surface area (Å²) in [6.07, 6.45) is 4.17. The number of nitrogen functional groups attached to an aromatic ring is 1. The van der Waals surface area contributed by atoms with Gasteiger partial charge in [-0.25, -0.2) is 0 Å². The zero-order chi connectivity index (χ0) is 49.3. The number of hydrogen-bond acceptors (Lipinski definition) is 20. The van der Waals surface area contributed by atoms with E-state index < -0.39 is 153 Å². The molecule has 66 heavy (non-hydrogen) atoms. The Kier molecular flexibility index (Phi) is 12.7. The molecule has 0 saturated heterocycles. The smallest absolute Gasteiger partial charge is 0.296 e. The first kappa shape index (κ1) is 49.3. The second kappa shape index (κ2) is 16.9. The van der Waals surface area contributed by atoms with Crippen molar-refractivity contribution in [1.29, 1.82) is 0 Å². The maximum absolute atomic E-state index is 12.5. The van der Waals surface area contributed by atoms with Gasteiger partial charge in [0.05, 0.1) is 27.1 Å². The molecule has 0 aliphatic heterocycles. The summed E-state index contributed by atoms with van der Waals surface area (Å²) in [5, 5.41) is 35.7. The van der Waals surface area contributed by atoms with E-state index in [0.717, 1.165) is 54.6 Å². The van der Waals surface area contributed by atoms with Crippen LogP contribution in [0.15, 0.2) is 140 Å². The molecule has 32 heteroatoms. The SMILES string of the molecule is Nc1cc(S(=O)(=O)O)cc2cc(S(=O)(=O)O)c(N=Nc3ccc(/C=C/c4ccc(N=NC5=C(O)C6C(=CC(S(=O)(=O)O)=CC6N)C=C5S(=O)(=O)O)cc4S(=O)(=O)O)c(S(=O)(=O)O)c3)c(O)c12. The number of aromatic hydroxyl groups is 1. The first-order chi connectivity index (χ1) is 30.2. The van der Waals surface area contributed by atoms with Gasteiger partial charge in [0.1, 0.15) is 36.7 Å². The Labute approximate surface area is 372 Å². The van der Waals surface area contributed by atoms with E-state index in [2.05, 4.69) is 20.5 Å². The third-order valence-corrected chi connectivity index (χ3v) is 14.5. The molecule has 26 nitrogen and oxygen atoms in total. The van der Waals surface area contributed by atoms with Crippen molar-refractivity contribution in [2.75, 3.05) is 5.73 Å². The highest BCUT2D eigenvalue weighted by Gasteiger charge is 2.39. The van der Waals surface area contributed by atoms with E-state index in [1.54, 1.807) is 0 Å². The summed E-state index contributed by atoms with van der Waals surface area (Å²) in [6.45, 7) is 0. The number of allylic oxidation sites excluding steroid dienone is 2. The van der Waals surface area contributed by atoms with Gasteiger partial charge in [0.15, 0.2) is 5.75 Å². The van der Waals surface area contributed by atoms with Gasteiger partial charge in [0.2, 0.25) is 0 Å². The number of fused-ring (bicyclic) bond motifs is 2. The maximum Gasteiger partial charge on any atom is 0.296 e. The standard InChI is InChI=1S/C34H28N6O20S6/c35-23-13-21(61(43,44)45)7-17-9-27(65(55,56)57)31(33(41)29(17)23)39-37-19-5-3-15(25(11-19)63(49,50)51)1-2-16-4-6-20(12-26(16)64(52,53)54)38-40-32-28(66(58,59)60)10-18-8-22(62(46,47)48)14-24(36)30(18)34(32)42/h1-14,23,29,41-42H,35-36H2,(H,43,44,45)(H,46,47,48)(H,49,50,51)(H,52,53,54)(H,55,56,57)(H,58,59,60)/b2-1+,39-37?,40-38?. The molecule has 6 rings (SSSR count). The molecule has 350 valence electrons. The normalized spacial score (nSPS) is 18.0. The molecule has 2 aliphatic carbocycles. The lowest BCUT2D eigenvalue weighted by atomic mass is 9.82. The van der Waals surface area contributed by atoms with Crippen molar-refractivity contribution in [3.8, 4) is 5.75 Å². The van der Waals surface area contributed by atoms with E-state index in [9.17, 15) is 88.0 Å². The first-order valence-electron chi connectivity index (χ1n) is 17.2. The topological polar surface area (TPSA) is 468 Å². The van der Waals surface area contributed by atoms with Crippen LogP contribution in [0.4, 0.5) is 22.7 Å². The van der Waals surface area contributed by atoms with Gasteiger partial charge in [-0.2, -0.15) is 60.7 Å². The van der Waals surface area contributed by atoms with Crippen LogP contribution >= 0.6 is 0 Å². The minimum atomic E-state index is -5.29. The van der Waals surface area contributed by atoms with Gasteiger partial charge < -0.3 is 21.7 Å². The summed E-state index contributed by atoms with van der Waals surface area (Å²) in [6, 6.07) is 6.05. The molecule has 2 unspecified atom stereocenters. The number of benzene rings is 4. The molecule has 0 fully saturated rings. The Bertz CT molecular complexity index is 3750. The van der Waals surface area contributed by atoms with Crippen molar-refractivity contribution in [3.05, 3.63) is 111 Å². The lowest BCUT2D eigenvalue weighted by molar-refractivity contribution is 0.328. The van der Waals surface area contributed by atoms with Crippen molar-refractivity contribution in [1.82, 2.24) is 0 Å². The number of nitrogens with two attached hydrogens (primary N) is 2. The fourth-order valence-corrected chi connectivity index (χ4v) is 10.4. The average Bonchev–Trinajstić information content (AvgIpc) is 3.16. The van der Waals surface area contributed by atoms with Crippen LogP contribution in [0.3, 0.4) is 0 Å². The summed E-state index contributed by atoms with van der Waals surface area (Å²) < 4.78 is 205. The van der Waals surface area contributed by atoms with Crippen LogP contribution in [-0.4, -0.2) is 94.1 Å². The number of phenols is 1. The Hall–Kier alpha value is -6.14. The number of aliphatic hydroxyl groups excluding tert-OH is 1. The fraction of sp³-hybridized carbons (Fsp3) is 0.0588. The molecular formula is C34H28N6O20S6. The molecule has 0 aromatic heterocycles. The summed E-state index contributed by atoms with van der Waals surface area (Å²) >= 11 is 0. The number of anilines is 1. The molecule has 0 spiro atoms. The third kappa shape index (κ3) is 10.3. The Morgan fingerprint density at radius 2 is 1.08 bits per heavy atom. The van der Waals surface area contributed by atoms with E-state index in [4.69, 9.17) is 11.5 Å². The number of rotatable bonds is 12. The van der Waals surface area contributed by atoms with Crippen LogP contribution in [-0.2, 0) is 60.7 Å². The third-order valence-electron chi connectivity index (χ3n) is 9.31. The van der Waals surface area contributed by atoms with Gasteiger partial charge >= 0.3 is 0 Å². The molecule has 12 N–H and O–H groups in total. The van der Waals surface area contributed by atoms with Crippen LogP contribution in [0.25, 0.3) is 22.9 Å². The molecule has 2 atom stereocenters. The minimum absolute atomic E-state index is 0.285. The zero-order valence-electron chi connectivity index (χ0n) is 32.1. The van der Waals surface area contributed by atoms with Gasteiger partial charge in [-0.15, -0.1) is 10.2 Å². The maximum atomic E-state index is 12.5. The summed E-state index contributed by atoms with van der Waals surface area (Å²) in [5.74, 6) is -3.40. The van der Waals surface area contributed by atoms with Gasteiger partial charge in [-0.05, 0) is 82.8 Å². The lowest BCUT2D eigenvalue weighted by Gasteiger charge is -2.30. The highest BCUT2D eigenvalue weighted by molar-refractivity contribution is 7.90. The van der Waals surface area contributed by atoms with E-state index in [1.165, 1.54) is 0 Å². The number of phenolic OH excluding ortho intramolecular Hbond substituents is 1. The molecule has 0 heterocycles. The van der Waals surface area contributed by atoms with Crippen molar-refractivity contribution in [2.45, 2.75) is 25.6 Å². The number of hydrogen-bond donors (Lipinski definition) is 10. The predicted octanol–water partition coefficient (Wildman–Crippen LogP) is 3.99. The van der Waals surface area contributed by atoms with E-state index in [-0.39, 0.29) is 16.7 Å². The summed E-state index contributed by atoms with van der Waals surface area (Å²) in [5.41, 5.74) is 7.43. The largest absolute Gasteiger partial charge is 0.509 e. The van der Waals surface area contributed by atoms with Crippen molar-refractivity contribution in [2.24, 2.45) is 32.1 Å². The van der Waals surface area contributed by atoms with E-state index in [0.29, 0.717) is 30.3 Å². The lowest BCUT2D eigenvalue weighted by Crippen LogP contribution is -2.36. The number of aliphatic hydroxyl groups is 1. The Morgan fingerprint density at radius 3 is 1.55 bits per heavy atom. The van der Waals surface area contributed by atoms with E-state index in [1.807, 2.05) is 0 Å². The molecule has 0 bridgehead atoms. The van der Waals surface area contributed by atoms with Crippen molar-refractivity contribution >= 4 is 106 Å². The van der Waals surface area contributed by atoms with Crippen LogP contribution in [0.5, 0.6) is 5.75 Å². The highest BCUT2D eigenvalue weighted by atomic mass is 32.2. The number of azo groups is 2. The van der Waals surface area contributed by atoms with Crippen LogP contribution in [0.1, 0.15) is 11.1 Å². The molecule has 4 aromatic rings. The van der Waals surface area contributed by atoms with Crippen molar-refractivity contribution in [3.63, 3.8) is 0 Å². The molecule has 4 aromatic carbocycles. The predicted molar refractivity (Wildman–Crippen MR) is 228 cm³/mol. The number of nitrogens with zero attached hydrogens (tertiary/aromatic N) is 4. The molecule has 0 saturated carbocycles. The summed E-state index contributed by atoms with van der Waals surface area (Å²) in [4.78, 5) is -5.69. The first-order valence-corrected chi connectivity index (χ1v) is 25.9. The van der Waals surface area contributed by atoms with Crippen molar-refractivity contribution < 1.29 is 88.0 Å². The highest BCUT2D eigenvalue weighted by Crippen LogP contribution is 2.45. The second-order valence-corrected chi connectivity index (χ2v) is 22.1. The molecule has 0 radical (unpaired) electrons. The minimum Gasteiger partial charge on any atom is -0.509 e. The second-order valence-electron chi connectivity index (χ2n) is 13.7. The Balaban J connectivity index is 1.37. The van der Waals surface area contributed by atoms with E-state index >= 15 is 0 Å². The van der Waals surface area contributed by atoms with Crippen LogP contribution in [0.2, 0.25) is 0 Å². The van der Waals surface area contributed by atoms with Gasteiger partial charge in [-0.3, -0.25) is 27.3 Å². The molecule has 0 amide bonds. The monoisotopic (exact) mass is 1030 g/mol. The average molecular weight is 1030 g/mol. The molecule has 2 aliphatic rings. The summed E-state index contributed by atoms with van der Waals surface area (Å²) in [7, 11) is -30.7. The Morgan fingerprint density at radius 1 is 0.561 bits per heavy atom. The van der Waals surface area contributed by atoms with Gasteiger partial charge in [0.25, 0.3) is 60.7 Å². The zero-order valence-corrected chi connectivity index (χ0v) is 37.0. The molecular weight excluding hydrogens is 1000 g/mol. The van der Waals surface area contributed by atoms with Gasteiger partial charge in [0, 0.05) is 17.1 Å². The van der Waals surface area contributed by atoms with Crippen LogP contribution in [0, 0.1) is 5.92 Å². The quantitative estimate of drug-likeness (QED) is 0.0415. The fourth-order valence-electron chi connectivity index (χ4n) is 6.45.